The van der Waals surface area contributed by atoms with E-state index in [0.717, 1.165) is 6.08 Å². The van der Waals surface area contributed by atoms with Crippen molar-refractivity contribution in [3.63, 3.8) is 0 Å². The minimum atomic E-state index is -0.493. The molecule has 0 saturated heterocycles. The molecule has 0 aliphatic carbocycles. The molecular weight excluding hydrogens is 236 g/mol. The zero-order valence-corrected chi connectivity index (χ0v) is 11.1. The molecule has 0 spiro atoms. The fourth-order valence-corrected chi connectivity index (χ4v) is 0.998. The zero-order chi connectivity index (χ0) is 14.1. The third kappa shape index (κ3) is 7.62. The second kappa shape index (κ2) is 8.47. The van der Waals surface area contributed by atoms with E-state index in [0.29, 0.717) is 5.57 Å². The molecule has 0 aliphatic rings. The van der Waals surface area contributed by atoms with Crippen LogP contribution < -0.4 is 0 Å². The number of carbonyl (C=O) groups excluding carboxylic acids is 2. The molecule has 2 atom stereocenters. The second-order valence-electron chi connectivity index (χ2n) is 3.99. The van der Waals surface area contributed by atoms with Gasteiger partial charge in [0, 0.05) is 11.6 Å². The molecule has 5 heteroatoms. The maximum Gasteiger partial charge on any atom is 0.333 e. The van der Waals surface area contributed by atoms with Crippen LogP contribution in [0.15, 0.2) is 24.8 Å². The summed E-state index contributed by atoms with van der Waals surface area (Å²) in [6.45, 7) is 12.2. The Kier molecular flexibility index (Phi) is 7.71. The average Bonchev–Trinajstić information content (AvgIpc) is 2.28. The van der Waals surface area contributed by atoms with Gasteiger partial charge in [-0.2, -0.15) is 0 Å². The fraction of sp³-hybridized carbons (Fsp3) is 0.538. The Balaban J connectivity index is 3.77. The van der Waals surface area contributed by atoms with Gasteiger partial charge >= 0.3 is 11.9 Å². The molecule has 0 heterocycles. The van der Waals surface area contributed by atoms with Gasteiger partial charge in [0.25, 0.3) is 0 Å². The standard InChI is InChI=1S/C13H20O5/c1-6-12(14)17-10(4)7-16-8-11(5)18-13(15)9(2)3/h6,10-11H,1-2,7-8H2,3-5H3. The van der Waals surface area contributed by atoms with Crippen LogP contribution in [0.25, 0.3) is 0 Å². The first-order chi connectivity index (χ1) is 8.36. The quantitative estimate of drug-likeness (QED) is 0.488. The molecule has 0 bridgehead atoms. The van der Waals surface area contributed by atoms with E-state index in [1.165, 1.54) is 0 Å². The molecule has 102 valence electrons. The normalized spacial score (nSPS) is 13.3. The molecule has 0 rings (SSSR count). The van der Waals surface area contributed by atoms with E-state index >= 15 is 0 Å². The lowest BCUT2D eigenvalue weighted by molar-refractivity contribution is -0.149. The Labute approximate surface area is 107 Å². The molecule has 0 aromatic rings. The topological polar surface area (TPSA) is 61.8 Å². The Bertz CT molecular complexity index is 321. The molecule has 18 heavy (non-hydrogen) atoms. The first-order valence-electron chi connectivity index (χ1n) is 5.64. The van der Waals surface area contributed by atoms with Gasteiger partial charge in [0.05, 0.1) is 13.2 Å². The van der Waals surface area contributed by atoms with Crippen LogP contribution in [0.1, 0.15) is 20.8 Å². The number of rotatable bonds is 8. The van der Waals surface area contributed by atoms with E-state index in [1.807, 2.05) is 0 Å². The molecule has 0 aromatic heterocycles. The van der Waals surface area contributed by atoms with Crippen molar-refractivity contribution in [1.29, 1.82) is 0 Å². The molecule has 2 unspecified atom stereocenters. The van der Waals surface area contributed by atoms with Gasteiger partial charge < -0.3 is 14.2 Å². The molecule has 0 radical (unpaired) electrons. The van der Waals surface area contributed by atoms with Gasteiger partial charge in [-0.05, 0) is 20.8 Å². The molecule has 0 amide bonds. The van der Waals surface area contributed by atoms with Crippen LogP contribution in [0, 0.1) is 0 Å². The van der Waals surface area contributed by atoms with Crippen LogP contribution in [-0.4, -0.2) is 37.4 Å². The lowest BCUT2D eigenvalue weighted by atomic mass is 10.3. The largest absolute Gasteiger partial charge is 0.457 e. The van der Waals surface area contributed by atoms with Crippen LogP contribution in [0.3, 0.4) is 0 Å². The highest BCUT2D eigenvalue weighted by molar-refractivity contribution is 5.87. The first kappa shape index (κ1) is 16.4. The van der Waals surface area contributed by atoms with E-state index in [4.69, 9.17) is 14.2 Å². The van der Waals surface area contributed by atoms with Crippen molar-refractivity contribution in [2.45, 2.75) is 33.0 Å². The Morgan fingerprint density at radius 3 is 2.11 bits per heavy atom. The van der Waals surface area contributed by atoms with E-state index in [-0.39, 0.29) is 25.4 Å². The van der Waals surface area contributed by atoms with Crippen LogP contribution in [0.4, 0.5) is 0 Å². The molecule has 0 N–H and O–H groups in total. The molecular formula is C13H20O5. The Hall–Kier alpha value is -1.62. The number of esters is 2. The van der Waals surface area contributed by atoms with E-state index in [2.05, 4.69) is 13.2 Å². The van der Waals surface area contributed by atoms with Crippen LogP contribution in [0.5, 0.6) is 0 Å². The molecule has 0 aliphatic heterocycles. The predicted octanol–water partition coefficient (Wildman–Crippen LogP) is 1.63. The molecule has 0 fully saturated rings. The highest BCUT2D eigenvalue weighted by Crippen LogP contribution is 2.00. The van der Waals surface area contributed by atoms with Crippen molar-refractivity contribution in [2.24, 2.45) is 0 Å². The maximum atomic E-state index is 11.2. The van der Waals surface area contributed by atoms with Crippen LogP contribution >= 0.6 is 0 Å². The third-order valence-corrected chi connectivity index (χ3v) is 1.85. The van der Waals surface area contributed by atoms with Crippen molar-refractivity contribution in [3.8, 4) is 0 Å². The molecule has 5 nitrogen and oxygen atoms in total. The van der Waals surface area contributed by atoms with Crippen molar-refractivity contribution >= 4 is 11.9 Å². The minimum absolute atomic E-state index is 0.231. The third-order valence-electron chi connectivity index (χ3n) is 1.85. The van der Waals surface area contributed by atoms with Gasteiger partial charge in [-0.1, -0.05) is 13.2 Å². The van der Waals surface area contributed by atoms with Gasteiger partial charge in [0.2, 0.25) is 0 Å². The number of hydrogen-bond acceptors (Lipinski definition) is 5. The van der Waals surface area contributed by atoms with Crippen molar-refractivity contribution in [3.05, 3.63) is 24.8 Å². The summed E-state index contributed by atoms with van der Waals surface area (Å²) in [6, 6.07) is 0. The van der Waals surface area contributed by atoms with Crippen molar-refractivity contribution < 1.29 is 23.8 Å². The molecule has 0 saturated carbocycles. The lowest BCUT2D eigenvalue weighted by Gasteiger charge is -2.16. The fourth-order valence-electron chi connectivity index (χ4n) is 0.998. The zero-order valence-electron chi connectivity index (χ0n) is 11.1. The molecule has 0 aromatic carbocycles. The summed E-state index contributed by atoms with van der Waals surface area (Å²) in [5.41, 5.74) is 0.343. The maximum absolute atomic E-state index is 11.2. The summed E-state index contributed by atoms with van der Waals surface area (Å²) < 4.78 is 15.2. The lowest BCUT2D eigenvalue weighted by Crippen LogP contribution is -2.25. The second-order valence-corrected chi connectivity index (χ2v) is 3.99. The first-order valence-corrected chi connectivity index (χ1v) is 5.64. The van der Waals surface area contributed by atoms with Crippen LogP contribution in [-0.2, 0) is 23.8 Å². The van der Waals surface area contributed by atoms with Gasteiger partial charge in [0.1, 0.15) is 12.2 Å². The van der Waals surface area contributed by atoms with Gasteiger partial charge in [-0.3, -0.25) is 0 Å². The summed E-state index contributed by atoms with van der Waals surface area (Å²) in [7, 11) is 0. The monoisotopic (exact) mass is 256 g/mol. The summed E-state index contributed by atoms with van der Waals surface area (Å²) in [6.07, 6.45) is 0.337. The number of ether oxygens (including phenoxy) is 3. The van der Waals surface area contributed by atoms with Gasteiger partial charge in [-0.15, -0.1) is 0 Å². The number of hydrogen-bond donors (Lipinski definition) is 0. The van der Waals surface area contributed by atoms with Crippen molar-refractivity contribution in [1.82, 2.24) is 0 Å². The van der Waals surface area contributed by atoms with E-state index in [1.54, 1.807) is 20.8 Å². The van der Waals surface area contributed by atoms with E-state index < -0.39 is 11.9 Å². The summed E-state index contributed by atoms with van der Waals surface area (Å²) in [5.74, 6) is -0.940. The minimum Gasteiger partial charge on any atom is -0.457 e. The number of carbonyl (C=O) groups is 2. The smallest absolute Gasteiger partial charge is 0.333 e. The Morgan fingerprint density at radius 1 is 1.17 bits per heavy atom. The van der Waals surface area contributed by atoms with Crippen molar-refractivity contribution in [2.75, 3.05) is 13.2 Å². The highest BCUT2D eigenvalue weighted by Gasteiger charge is 2.12. The predicted molar refractivity (Wildman–Crippen MR) is 66.9 cm³/mol. The SMILES string of the molecule is C=CC(=O)OC(C)COCC(C)OC(=O)C(=C)C. The summed E-state index contributed by atoms with van der Waals surface area (Å²) in [4.78, 5) is 22.0. The van der Waals surface area contributed by atoms with Crippen LogP contribution in [0.2, 0.25) is 0 Å². The van der Waals surface area contributed by atoms with Gasteiger partial charge in [-0.25, -0.2) is 9.59 Å². The average molecular weight is 256 g/mol. The summed E-state index contributed by atoms with van der Waals surface area (Å²) >= 11 is 0. The Morgan fingerprint density at radius 2 is 1.67 bits per heavy atom. The van der Waals surface area contributed by atoms with Gasteiger partial charge in [0.15, 0.2) is 0 Å². The highest BCUT2D eigenvalue weighted by atomic mass is 16.6. The van der Waals surface area contributed by atoms with E-state index in [9.17, 15) is 9.59 Å². The summed E-state index contributed by atoms with van der Waals surface area (Å²) in [5, 5.41) is 0.